The molecule has 152 valence electrons. The van der Waals surface area contributed by atoms with Crippen molar-refractivity contribution >= 4 is 16.6 Å². The number of aromatic amines is 1. The molecule has 2 aromatic heterocycles. The number of morpholine rings is 1. The molecule has 2 fully saturated rings. The van der Waals surface area contributed by atoms with Crippen molar-refractivity contribution in [3.8, 4) is 0 Å². The number of H-pyrrole nitrogens is 1. The fourth-order valence-corrected chi connectivity index (χ4v) is 4.75. The van der Waals surface area contributed by atoms with Gasteiger partial charge in [-0.25, -0.2) is 0 Å². The van der Waals surface area contributed by atoms with Crippen LogP contribution >= 0.6 is 0 Å². The maximum Gasteiger partial charge on any atom is 0.0722 e. The predicted octanol–water partition coefficient (Wildman–Crippen LogP) is 3.48. The van der Waals surface area contributed by atoms with Gasteiger partial charge in [-0.2, -0.15) is 5.10 Å². The lowest BCUT2D eigenvalue weighted by molar-refractivity contribution is 0.0340. The molecule has 4 heterocycles. The Balaban J connectivity index is 1.38. The number of hydrogen-bond donors (Lipinski definition) is 1. The Morgan fingerprint density at radius 3 is 2.97 bits per heavy atom. The number of nitrogens with one attached hydrogen (secondary N) is 1. The molecule has 0 amide bonds. The predicted molar refractivity (Wildman–Crippen MR) is 115 cm³/mol. The van der Waals surface area contributed by atoms with Crippen LogP contribution < -0.4 is 4.90 Å². The molecule has 0 bridgehead atoms. The van der Waals surface area contributed by atoms with E-state index in [4.69, 9.17) is 4.74 Å². The van der Waals surface area contributed by atoms with Gasteiger partial charge in [0.25, 0.3) is 0 Å². The maximum absolute atomic E-state index is 5.50. The molecule has 2 saturated heterocycles. The molecule has 29 heavy (non-hydrogen) atoms. The van der Waals surface area contributed by atoms with Gasteiger partial charge in [-0.3, -0.25) is 15.0 Å². The normalized spacial score (nSPS) is 21.0. The highest BCUT2D eigenvalue weighted by molar-refractivity contribution is 5.92. The van der Waals surface area contributed by atoms with Crippen molar-refractivity contribution in [3.05, 3.63) is 53.5 Å². The van der Waals surface area contributed by atoms with Crippen molar-refractivity contribution < 1.29 is 4.74 Å². The van der Waals surface area contributed by atoms with E-state index >= 15 is 0 Å². The number of nitrogens with zero attached hydrogens (tertiary/aromatic N) is 4. The van der Waals surface area contributed by atoms with Gasteiger partial charge in [-0.1, -0.05) is 11.6 Å². The van der Waals surface area contributed by atoms with E-state index in [-0.39, 0.29) is 0 Å². The first-order valence-electron chi connectivity index (χ1n) is 10.7. The maximum atomic E-state index is 5.50. The first-order chi connectivity index (χ1) is 14.3. The van der Waals surface area contributed by atoms with Gasteiger partial charge in [0.05, 0.1) is 24.9 Å². The van der Waals surface area contributed by atoms with Crippen molar-refractivity contribution in [2.45, 2.75) is 32.2 Å². The van der Waals surface area contributed by atoms with E-state index in [0.29, 0.717) is 5.92 Å². The lowest BCUT2D eigenvalue weighted by Crippen LogP contribution is -2.37. The van der Waals surface area contributed by atoms with Crippen molar-refractivity contribution in [2.24, 2.45) is 0 Å². The summed E-state index contributed by atoms with van der Waals surface area (Å²) in [5.41, 5.74) is 6.31. The number of pyridine rings is 1. The van der Waals surface area contributed by atoms with E-state index in [9.17, 15) is 0 Å². The Bertz CT molecular complexity index is 978. The van der Waals surface area contributed by atoms with Crippen molar-refractivity contribution in [1.82, 2.24) is 20.1 Å². The Labute approximate surface area is 171 Å². The smallest absolute Gasteiger partial charge is 0.0722 e. The molecular formula is C23H29N5O. The molecule has 2 aliphatic rings. The zero-order valence-corrected chi connectivity index (χ0v) is 17.1. The largest absolute Gasteiger partial charge is 0.379 e. The summed E-state index contributed by atoms with van der Waals surface area (Å²) < 4.78 is 5.50. The Morgan fingerprint density at radius 2 is 2.07 bits per heavy atom. The third-order valence-corrected chi connectivity index (χ3v) is 6.29. The van der Waals surface area contributed by atoms with Crippen LogP contribution in [0.2, 0.25) is 0 Å². The molecule has 0 radical (unpaired) electrons. The molecule has 1 aromatic carbocycles. The Hall–Kier alpha value is -2.44. The van der Waals surface area contributed by atoms with Gasteiger partial charge >= 0.3 is 0 Å². The molecule has 6 heteroatoms. The van der Waals surface area contributed by atoms with Crippen LogP contribution in [0, 0.1) is 6.92 Å². The summed E-state index contributed by atoms with van der Waals surface area (Å²) in [5, 5.41) is 9.00. The second kappa shape index (κ2) is 8.13. The second-order valence-corrected chi connectivity index (χ2v) is 8.33. The van der Waals surface area contributed by atoms with Crippen LogP contribution in [0.3, 0.4) is 0 Å². The quantitative estimate of drug-likeness (QED) is 0.738. The summed E-state index contributed by atoms with van der Waals surface area (Å²) in [7, 11) is 0. The molecule has 6 nitrogen and oxygen atoms in total. The van der Waals surface area contributed by atoms with Gasteiger partial charge in [0, 0.05) is 67.2 Å². The summed E-state index contributed by atoms with van der Waals surface area (Å²) >= 11 is 0. The number of benzene rings is 1. The van der Waals surface area contributed by atoms with Gasteiger partial charge in [-0.05, 0) is 38.0 Å². The molecule has 0 saturated carbocycles. The summed E-state index contributed by atoms with van der Waals surface area (Å²) in [4.78, 5) is 9.58. The lowest BCUT2D eigenvalue weighted by atomic mass is 9.91. The molecule has 2 aliphatic heterocycles. The molecule has 1 N–H and O–H groups in total. The van der Waals surface area contributed by atoms with Crippen molar-refractivity contribution in [1.29, 1.82) is 0 Å². The zero-order chi connectivity index (χ0) is 19.6. The van der Waals surface area contributed by atoms with Crippen LogP contribution in [0.1, 0.15) is 35.6 Å². The highest BCUT2D eigenvalue weighted by Gasteiger charge is 2.26. The summed E-state index contributed by atoms with van der Waals surface area (Å²) in [6, 6.07) is 8.71. The number of aromatic nitrogens is 3. The number of piperidine rings is 1. The van der Waals surface area contributed by atoms with E-state index in [1.807, 2.05) is 12.4 Å². The van der Waals surface area contributed by atoms with Gasteiger partial charge < -0.3 is 9.64 Å². The van der Waals surface area contributed by atoms with Crippen LogP contribution in [0.4, 0.5) is 5.69 Å². The van der Waals surface area contributed by atoms with Crippen molar-refractivity contribution in [2.75, 3.05) is 44.3 Å². The number of rotatable bonds is 4. The number of fused-ring (bicyclic) bond motifs is 1. The van der Waals surface area contributed by atoms with Gasteiger partial charge in [0.15, 0.2) is 0 Å². The van der Waals surface area contributed by atoms with Crippen LogP contribution in [0.15, 0.2) is 36.7 Å². The lowest BCUT2D eigenvalue weighted by Gasteiger charge is -2.35. The Morgan fingerprint density at radius 1 is 1.17 bits per heavy atom. The topological polar surface area (TPSA) is 57.3 Å². The van der Waals surface area contributed by atoms with Crippen LogP contribution in [-0.2, 0) is 11.3 Å². The third-order valence-electron chi connectivity index (χ3n) is 6.29. The zero-order valence-electron chi connectivity index (χ0n) is 17.1. The minimum atomic E-state index is 0.482. The first kappa shape index (κ1) is 18.6. The minimum Gasteiger partial charge on any atom is -0.379 e. The average molecular weight is 392 g/mol. The third kappa shape index (κ3) is 3.87. The van der Waals surface area contributed by atoms with E-state index in [1.165, 1.54) is 40.7 Å². The van der Waals surface area contributed by atoms with E-state index in [0.717, 1.165) is 51.5 Å². The summed E-state index contributed by atoms with van der Waals surface area (Å²) in [6.07, 6.45) is 6.36. The van der Waals surface area contributed by atoms with Gasteiger partial charge in [0.1, 0.15) is 0 Å². The van der Waals surface area contributed by atoms with Crippen LogP contribution in [-0.4, -0.2) is 59.5 Å². The standard InChI is InChI=1S/C23H29N5O/c1-17-4-5-21-20(13-17)22(6-7-24-21)28-8-2-3-18(16-28)23-19(14-25-26-23)15-27-9-11-29-12-10-27/h4-7,13-14,18H,2-3,8-12,15-16H2,1H3,(H,25,26). The second-order valence-electron chi connectivity index (χ2n) is 8.33. The monoisotopic (exact) mass is 391 g/mol. The van der Waals surface area contributed by atoms with E-state index in [1.54, 1.807) is 0 Å². The SMILES string of the molecule is Cc1ccc2nccc(N3CCCC(c4[nH]ncc4CN4CCOCC4)C3)c2c1. The van der Waals surface area contributed by atoms with Crippen LogP contribution in [0.25, 0.3) is 10.9 Å². The van der Waals surface area contributed by atoms with Crippen LogP contribution in [0.5, 0.6) is 0 Å². The number of aryl methyl sites for hydroxylation is 1. The molecule has 0 spiro atoms. The highest BCUT2D eigenvalue weighted by atomic mass is 16.5. The van der Waals surface area contributed by atoms with Crippen molar-refractivity contribution in [3.63, 3.8) is 0 Å². The Kier molecular flexibility index (Phi) is 5.21. The molecule has 1 unspecified atom stereocenters. The van der Waals surface area contributed by atoms with E-state index in [2.05, 4.69) is 56.2 Å². The molecule has 0 aliphatic carbocycles. The van der Waals surface area contributed by atoms with Gasteiger partial charge in [-0.15, -0.1) is 0 Å². The minimum absolute atomic E-state index is 0.482. The first-order valence-corrected chi connectivity index (χ1v) is 10.7. The fraction of sp³-hybridized carbons (Fsp3) is 0.478. The number of ether oxygens (including phenoxy) is 1. The van der Waals surface area contributed by atoms with Gasteiger partial charge in [0.2, 0.25) is 0 Å². The highest BCUT2D eigenvalue weighted by Crippen LogP contribution is 2.34. The summed E-state index contributed by atoms with van der Waals surface area (Å²) in [5.74, 6) is 0.482. The molecule has 5 rings (SSSR count). The molecular weight excluding hydrogens is 362 g/mol. The molecule has 1 atom stereocenters. The average Bonchev–Trinajstić information content (AvgIpc) is 3.22. The summed E-state index contributed by atoms with van der Waals surface area (Å²) in [6.45, 7) is 8.90. The fourth-order valence-electron chi connectivity index (χ4n) is 4.75. The number of anilines is 1. The number of hydrogen-bond acceptors (Lipinski definition) is 5. The molecule has 3 aromatic rings. The van der Waals surface area contributed by atoms with E-state index < -0.39 is 0 Å².